The molecule has 0 aliphatic rings. The Labute approximate surface area is 175 Å². The van der Waals surface area contributed by atoms with E-state index in [0.717, 1.165) is 16.5 Å². The predicted octanol–water partition coefficient (Wildman–Crippen LogP) is 4.26. The van der Waals surface area contributed by atoms with Gasteiger partial charge in [0.15, 0.2) is 0 Å². The number of fused-ring (bicyclic) bond motifs is 1. The monoisotopic (exact) mass is 432 g/mol. The molecule has 0 spiro atoms. The molecule has 1 N–H and O–H groups in total. The second kappa shape index (κ2) is 8.42. The molecular formula is C21H24N2O4S2. The highest BCUT2D eigenvalue weighted by Gasteiger charge is 2.22. The molecule has 1 amide bonds. The van der Waals surface area contributed by atoms with Gasteiger partial charge < -0.3 is 10.1 Å². The molecule has 0 radical (unpaired) electrons. The summed E-state index contributed by atoms with van der Waals surface area (Å²) >= 11 is 1.39. The van der Waals surface area contributed by atoms with E-state index in [-0.39, 0.29) is 16.8 Å². The van der Waals surface area contributed by atoms with Crippen LogP contribution in [0.1, 0.15) is 29.9 Å². The first kappa shape index (κ1) is 21.1. The smallest absolute Gasteiger partial charge is 0.264 e. The number of amides is 1. The number of benzene rings is 2. The predicted molar refractivity (Wildman–Crippen MR) is 118 cm³/mol. The molecule has 2 aromatic carbocycles. The van der Waals surface area contributed by atoms with Crippen molar-refractivity contribution in [2.45, 2.75) is 31.2 Å². The van der Waals surface area contributed by atoms with Gasteiger partial charge in [-0.1, -0.05) is 6.92 Å². The van der Waals surface area contributed by atoms with Gasteiger partial charge in [-0.2, -0.15) is 0 Å². The number of hydrogen-bond donors (Lipinski definition) is 1. The number of methoxy groups -OCH3 is 1. The van der Waals surface area contributed by atoms with E-state index in [9.17, 15) is 13.2 Å². The van der Waals surface area contributed by atoms with Crippen molar-refractivity contribution in [1.29, 1.82) is 0 Å². The third-order valence-electron chi connectivity index (χ3n) is 4.79. The molecule has 0 fully saturated rings. The molecule has 0 saturated heterocycles. The molecule has 0 unspecified atom stereocenters. The molecule has 1 aromatic heterocycles. The Kier molecular flexibility index (Phi) is 6.14. The number of sulfonamides is 1. The fraction of sp³-hybridized carbons (Fsp3) is 0.286. The second-order valence-corrected chi connectivity index (χ2v) is 9.82. The lowest BCUT2D eigenvalue weighted by Gasteiger charge is -2.19. The molecule has 3 aromatic rings. The Bertz CT molecular complexity index is 1120. The van der Waals surface area contributed by atoms with Gasteiger partial charge >= 0.3 is 0 Å². The summed E-state index contributed by atoms with van der Waals surface area (Å²) < 4.78 is 33.2. The van der Waals surface area contributed by atoms with Gasteiger partial charge in [-0.3, -0.25) is 9.10 Å². The lowest BCUT2D eigenvalue weighted by molar-refractivity contribution is 0.0943. The first-order valence-corrected chi connectivity index (χ1v) is 11.5. The van der Waals surface area contributed by atoms with Crippen LogP contribution in [0.15, 0.2) is 53.4 Å². The van der Waals surface area contributed by atoms with Crippen LogP contribution in [0.4, 0.5) is 5.69 Å². The molecule has 29 heavy (non-hydrogen) atoms. The van der Waals surface area contributed by atoms with Crippen molar-refractivity contribution in [1.82, 2.24) is 5.32 Å². The normalized spacial score (nSPS) is 12.6. The summed E-state index contributed by atoms with van der Waals surface area (Å²) in [5.41, 5.74) is 0.528. The summed E-state index contributed by atoms with van der Waals surface area (Å²) in [6.45, 7) is 3.98. The molecule has 0 bridgehead atoms. The van der Waals surface area contributed by atoms with E-state index in [1.807, 2.05) is 19.9 Å². The van der Waals surface area contributed by atoms with Crippen LogP contribution in [0.5, 0.6) is 5.75 Å². The van der Waals surface area contributed by atoms with Gasteiger partial charge in [0, 0.05) is 17.8 Å². The zero-order chi connectivity index (χ0) is 21.2. The molecule has 1 heterocycles. The Hall–Kier alpha value is -2.58. The maximum atomic E-state index is 13.0. The topological polar surface area (TPSA) is 75.7 Å². The van der Waals surface area contributed by atoms with Crippen LogP contribution in [-0.2, 0) is 10.0 Å². The highest BCUT2D eigenvalue weighted by molar-refractivity contribution is 7.92. The minimum absolute atomic E-state index is 0.101. The number of hydrogen-bond acceptors (Lipinski definition) is 5. The summed E-state index contributed by atoms with van der Waals surface area (Å²) in [7, 11) is -0.664. The van der Waals surface area contributed by atoms with Crippen LogP contribution < -0.4 is 14.4 Å². The molecule has 154 valence electrons. The molecule has 3 rings (SSSR count). The minimum Gasteiger partial charge on any atom is -0.497 e. The van der Waals surface area contributed by atoms with Crippen LogP contribution in [-0.4, -0.2) is 34.5 Å². The van der Waals surface area contributed by atoms with Crippen molar-refractivity contribution in [3.05, 3.63) is 53.4 Å². The average molecular weight is 433 g/mol. The van der Waals surface area contributed by atoms with Crippen LogP contribution in [0, 0.1) is 0 Å². The largest absolute Gasteiger partial charge is 0.497 e. The average Bonchev–Trinajstić information content (AvgIpc) is 3.16. The zero-order valence-corrected chi connectivity index (χ0v) is 18.4. The standard InChI is InChI=1S/C21H24N2O4S2/c1-5-14(2)22-21(24)20-13-15-12-16(6-11-19(15)28-20)23(3)29(25,26)18-9-7-17(27-4)8-10-18/h6-14H,5H2,1-4H3,(H,22,24)/t14-/m1/s1. The minimum atomic E-state index is -3.71. The highest BCUT2D eigenvalue weighted by atomic mass is 32.2. The number of rotatable bonds is 7. The molecule has 0 saturated carbocycles. The van der Waals surface area contributed by atoms with Crippen molar-refractivity contribution in [3.8, 4) is 5.75 Å². The van der Waals surface area contributed by atoms with Crippen molar-refractivity contribution in [2.24, 2.45) is 0 Å². The fourth-order valence-corrected chi connectivity index (χ4v) is 4.91. The Morgan fingerprint density at radius 3 is 2.48 bits per heavy atom. The molecule has 0 aliphatic heterocycles. The number of nitrogens with one attached hydrogen (secondary N) is 1. The van der Waals surface area contributed by atoms with Gasteiger partial charge in [0.05, 0.1) is 22.6 Å². The fourth-order valence-electron chi connectivity index (χ4n) is 2.78. The van der Waals surface area contributed by atoms with Crippen LogP contribution >= 0.6 is 11.3 Å². The number of carbonyl (C=O) groups is 1. The lowest BCUT2D eigenvalue weighted by Crippen LogP contribution is -2.31. The van der Waals surface area contributed by atoms with E-state index >= 15 is 0 Å². The number of anilines is 1. The summed E-state index contributed by atoms with van der Waals surface area (Å²) in [5.74, 6) is 0.482. The van der Waals surface area contributed by atoms with Crippen molar-refractivity contribution in [3.63, 3.8) is 0 Å². The maximum Gasteiger partial charge on any atom is 0.264 e. The van der Waals surface area contributed by atoms with Crippen LogP contribution in [0.25, 0.3) is 10.1 Å². The van der Waals surface area contributed by atoms with Crippen molar-refractivity contribution >= 4 is 43.0 Å². The van der Waals surface area contributed by atoms with E-state index in [2.05, 4.69) is 5.32 Å². The third-order valence-corrected chi connectivity index (χ3v) is 7.71. The SMILES string of the molecule is CC[C@@H](C)NC(=O)c1cc2cc(N(C)S(=O)(=O)c3ccc(OC)cc3)ccc2s1. The van der Waals surface area contributed by atoms with Gasteiger partial charge in [-0.15, -0.1) is 11.3 Å². The summed E-state index contributed by atoms with van der Waals surface area (Å²) in [4.78, 5) is 13.2. The van der Waals surface area contributed by atoms with E-state index in [0.29, 0.717) is 16.3 Å². The van der Waals surface area contributed by atoms with Crippen molar-refractivity contribution in [2.75, 3.05) is 18.5 Å². The molecule has 0 aliphatic carbocycles. The number of nitrogens with zero attached hydrogens (tertiary/aromatic N) is 1. The zero-order valence-electron chi connectivity index (χ0n) is 16.8. The number of carbonyl (C=O) groups excluding carboxylic acids is 1. The van der Waals surface area contributed by atoms with E-state index < -0.39 is 10.0 Å². The lowest BCUT2D eigenvalue weighted by atomic mass is 10.2. The first-order chi connectivity index (χ1) is 13.8. The summed E-state index contributed by atoms with van der Waals surface area (Å²) in [6.07, 6.45) is 0.856. The van der Waals surface area contributed by atoms with Crippen LogP contribution in [0.2, 0.25) is 0 Å². The Balaban J connectivity index is 1.89. The molecule has 1 atom stereocenters. The third kappa shape index (κ3) is 4.38. The van der Waals surface area contributed by atoms with E-state index in [1.165, 1.54) is 41.9 Å². The molecule has 8 heteroatoms. The maximum absolute atomic E-state index is 13.0. The van der Waals surface area contributed by atoms with E-state index in [4.69, 9.17) is 4.74 Å². The van der Waals surface area contributed by atoms with Gasteiger partial charge in [0.2, 0.25) is 0 Å². The second-order valence-electron chi connectivity index (χ2n) is 6.76. The van der Waals surface area contributed by atoms with E-state index in [1.54, 1.807) is 30.3 Å². The molecule has 6 nitrogen and oxygen atoms in total. The summed E-state index contributed by atoms with van der Waals surface area (Å²) in [6, 6.07) is 13.5. The highest BCUT2D eigenvalue weighted by Crippen LogP contribution is 2.31. The van der Waals surface area contributed by atoms with Crippen LogP contribution in [0.3, 0.4) is 0 Å². The molecular weight excluding hydrogens is 408 g/mol. The number of thiophene rings is 1. The summed E-state index contributed by atoms with van der Waals surface area (Å²) in [5, 5.41) is 3.79. The Morgan fingerprint density at radius 2 is 1.86 bits per heavy atom. The van der Waals surface area contributed by atoms with Gasteiger partial charge in [0.1, 0.15) is 5.75 Å². The van der Waals surface area contributed by atoms with Crippen molar-refractivity contribution < 1.29 is 17.9 Å². The first-order valence-electron chi connectivity index (χ1n) is 9.23. The number of ether oxygens (including phenoxy) is 1. The van der Waals surface area contributed by atoms with Gasteiger partial charge in [-0.25, -0.2) is 8.42 Å². The Morgan fingerprint density at radius 1 is 1.17 bits per heavy atom. The quantitative estimate of drug-likeness (QED) is 0.605. The van der Waals surface area contributed by atoms with Gasteiger partial charge in [0.25, 0.3) is 15.9 Å². The van der Waals surface area contributed by atoms with Gasteiger partial charge in [-0.05, 0) is 67.3 Å².